The van der Waals surface area contributed by atoms with Crippen LogP contribution < -0.4 is 5.01 Å². The molecule has 6 nitrogen and oxygen atoms in total. The van der Waals surface area contributed by atoms with Gasteiger partial charge in [0.15, 0.2) is 0 Å². The summed E-state index contributed by atoms with van der Waals surface area (Å²) in [7, 11) is 0. The van der Waals surface area contributed by atoms with E-state index in [0.29, 0.717) is 0 Å². The minimum Gasteiger partial charge on any atom is -0.447 e. The molecule has 0 bridgehead atoms. The van der Waals surface area contributed by atoms with Crippen molar-refractivity contribution in [2.45, 2.75) is 19.4 Å². The molecule has 6 heteroatoms. The molecular weight excluding hydrogens is 342 g/mol. The molecule has 0 N–H and O–H groups in total. The highest BCUT2D eigenvalue weighted by Crippen LogP contribution is 2.34. The summed E-state index contributed by atoms with van der Waals surface area (Å²) in [5, 5.41) is 6.58. The van der Waals surface area contributed by atoms with Crippen LogP contribution in [0.15, 0.2) is 65.8 Å². The number of anilines is 1. The lowest BCUT2D eigenvalue weighted by atomic mass is 9.88. The molecule has 138 valence electrons. The van der Waals surface area contributed by atoms with Gasteiger partial charge in [0.25, 0.3) is 5.91 Å². The molecule has 0 radical (unpaired) electrons. The van der Waals surface area contributed by atoms with Gasteiger partial charge in [-0.05, 0) is 24.1 Å². The number of hydrogen-bond donors (Lipinski definition) is 0. The summed E-state index contributed by atoms with van der Waals surface area (Å²) in [5.41, 5.74) is 2.69. The van der Waals surface area contributed by atoms with E-state index in [1.165, 1.54) is 4.90 Å². The lowest BCUT2D eigenvalue weighted by Crippen LogP contribution is -2.49. The first-order valence-electron chi connectivity index (χ1n) is 9.17. The fraction of sp³-hybridized carbons (Fsp3) is 0.286. The van der Waals surface area contributed by atoms with E-state index in [1.807, 2.05) is 67.6 Å². The van der Waals surface area contributed by atoms with Crippen molar-refractivity contribution in [3.05, 3.63) is 66.2 Å². The predicted molar refractivity (Wildman–Crippen MR) is 103 cm³/mol. The van der Waals surface area contributed by atoms with Crippen molar-refractivity contribution in [1.29, 1.82) is 0 Å². The summed E-state index contributed by atoms with van der Waals surface area (Å²) >= 11 is 0. The molecule has 2 amide bonds. The zero-order chi connectivity index (χ0) is 18.8. The SMILES string of the molecule is CC[C@H]1C(c2ccccc2)=NN(c2ccccc2)[C@@H]1C(=O)N1CCOC1=O. The zero-order valence-electron chi connectivity index (χ0n) is 15.1. The molecule has 0 aliphatic carbocycles. The first-order valence-corrected chi connectivity index (χ1v) is 9.17. The Kier molecular flexibility index (Phi) is 4.62. The van der Waals surface area contributed by atoms with Gasteiger partial charge in [-0.15, -0.1) is 0 Å². The van der Waals surface area contributed by atoms with E-state index < -0.39 is 12.1 Å². The van der Waals surface area contributed by atoms with Crippen LogP contribution in [-0.2, 0) is 9.53 Å². The van der Waals surface area contributed by atoms with Gasteiger partial charge in [-0.25, -0.2) is 9.69 Å². The van der Waals surface area contributed by atoms with Crippen LogP contribution in [0.2, 0.25) is 0 Å². The van der Waals surface area contributed by atoms with E-state index in [2.05, 4.69) is 0 Å². The number of hydrogen-bond acceptors (Lipinski definition) is 5. The van der Waals surface area contributed by atoms with Crippen molar-refractivity contribution < 1.29 is 14.3 Å². The number of hydrazone groups is 1. The summed E-state index contributed by atoms with van der Waals surface area (Å²) in [6.45, 7) is 2.57. The molecule has 27 heavy (non-hydrogen) atoms. The summed E-state index contributed by atoms with van der Waals surface area (Å²) < 4.78 is 4.98. The number of cyclic esters (lactones) is 1. The molecule has 2 aromatic carbocycles. The summed E-state index contributed by atoms with van der Waals surface area (Å²) in [5.74, 6) is -0.378. The average molecular weight is 363 g/mol. The molecule has 0 saturated carbocycles. The molecule has 2 aromatic rings. The van der Waals surface area contributed by atoms with Crippen LogP contribution in [-0.4, -0.2) is 41.8 Å². The Balaban J connectivity index is 1.77. The number of amides is 2. The van der Waals surface area contributed by atoms with E-state index in [0.717, 1.165) is 23.4 Å². The fourth-order valence-electron chi connectivity index (χ4n) is 3.70. The second-order valence-corrected chi connectivity index (χ2v) is 6.60. The van der Waals surface area contributed by atoms with E-state index >= 15 is 0 Å². The highest BCUT2D eigenvalue weighted by molar-refractivity contribution is 6.10. The maximum absolute atomic E-state index is 13.3. The van der Waals surface area contributed by atoms with Crippen LogP contribution in [0.5, 0.6) is 0 Å². The molecule has 2 aliphatic heterocycles. The van der Waals surface area contributed by atoms with Gasteiger partial charge in [-0.3, -0.25) is 9.80 Å². The van der Waals surface area contributed by atoms with Crippen LogP contribution in [0.25, 0.3) is 0 Å². The van der Waals surface area contributed by atoms with Crippen LogP contribution >= 0.6 is 0 Å². The van der Waals surface area contributed by atoms with Gasteiger partial charge in [0, 0.05) is 5.92 Å². The Hall–Kier alpha value is -3.15. The molecule has 2 aliphatic rings. The standard InChI is InChI=1S/C21H21N3O3/c1-2-17-18(15-9-5-3-6-10-15)22-24(16-11-7-4-8-12-16)19(17)20(25)23-13-14-27-21(23)26/h3-12,17,19H,2,13-14H2,1H3/t17-,19-/m0/s1. The van der Waals surface area contributed by atoms with Crippen LogP contribution in [0.4, 0.5) is 10.5 Å². The Morgan fingerprint density at radius 2 is 1.78 bits per heavy atom. The number of imide groups is 1. The molecule has 1 saturated heterocycles. The Bertz CT molecular complexity index is 867. The van der Waals surface area contributed by atoms with E-state index in [1.54, 1.807) is 5.01 Å². The molecule has 0 unspecified atom stereocenters. The number of nitrogens with zero attached hydrogens (tertiary/aromatic N) is 3. The second-order valence-electron chi connectivity index (χ2n) is 6.60. The minimum absolute atomic E-state index is 0.117. The first-order chi connectivity index (χ1) is 13.2. The smallest absolute Gasteiger partial charge is 0.416 e. The van der Waals surface area contributed by atoms with Crippen molar-refractivity contribution in [2.75, 3.05) is 18.2 Å². The Morgan fingerprint density at radius 1 is 1.11 bits per heavy atom. The van der Waals surface area contributed by atoms with Crippen LogP contribution in [0, 0.1) is 5.92 Å². The quantitative estimate of drug-likeness (QED) is 0.836. The molecule has 2 atom stereocenters. The largest absolute Gasteiger partial charge is 0.447 e. The summed E-state index contributed by atoms with van der Waals surface area (Å²) in [6.07, 6.45) is 0.159. The lowest BCUT2D eigenvalue weighted by molar-refractivity contribution is -0.129. The molecule has 2 heterocycles. The van der Waals surface area contributed by atoms with Gasteiger partial charge in [0.2, 0.25) is 0 Å². The normalized spacial score (nSPS) is 22.0. The minimum atomic E-state index is -0.573. The zero-order valence-corrected chi connectivity index (χ0v) is 15.1. The Labute approximate surface area is 158 Å². The van der Waals surface area contributed by atoms with Crippen molar-refractivity contribution in [3.8, 4) is 0 Å². The highest BCUT2D eigenvalue weighted by atomic mass is 16.6. The highest BCUT2D eigenvalue weighted by Gasteiger charge is 2.46. The third-order valence-electron chi connectivity index (χ3n) is 5.02. The molecule has 1 fully saturated rings. The van der Waals surface area contributed by atoms with Gasteiger partial charge >= 0.3 is 6.09 Å². The van der Waals surface area contributed by atoms with Crippen molar-refractivity contribution in [3.63, 3.8) is 0 Å². The van der Waals surface area contributed by atoms with E-state index in [4.69, 9.17) is 9.84 Å². The molecule has 0 spiro atoms. The topological polar surface area (TPSA) is 62.2 Å². The van der Waals surface area contributed by atoms with Crippen molar-refractivity contribution >= 4 is 23.4 Å². The van der Waals surface area contributed by atoms with Gasteiger partial charge in [-0.1, -0.05) is 55.5 Å². The van der Waals surface area contributed by atoms with Gasteiger partial charge < -0.3 is 4.74 Å². The van der Waals surface area contributed by atoms with Crippen LogP contribution in [0.3, 0.4) is 0 Å². The number of rotatable bonds is 4. The van der Waals surface area contributed by atoms with Gasteiger partial charge in [-0.2, -0.15) is 5.10 Å². The Morgan fingerprint density at radius 3 is 2.37 bits per heavy atom. The molecule has 0 aromatic heterocycles. The number of ether oxygens (including phenoxy) is 1. The monoisotopic (exact) mass is 363 g/mol. The fourth-order valence-corrected chi connectivity index (χ4v) is 3.70. The van der Waals surface area contributed by atoms with Crippen molar-refractivity contribution in [2.24, 2.45) is 11.0 Å². The number of para-hydroxylation sites is 1. The maximum Gasteiger partial charge on any atom is 0.416 e. The first kappa shape index (κ1) is 17.3. The summed E-state index contributed by atoms with van der Waals surface area (Å²) in [4.78, 5) is 26.5. The van der Waals surface area contributed by atoms with Gasteiger partial charge in [0.1, 0.15) is 12.6 Å². The van der Waals surface area contributed by atoms with E-state index in [9.17, 15) is 9.59 Å². The van der Waals surface area contributed by atoms with E-state index in [-0.39, 0.29) is 25.0 Å². The molecule has 4 rings (SSSR count). The number of carbonyl (C=O) groups excluding carboxylic acids is 2. The summed E-state index contributed by atoms with van der Waals surface area (Å²) in [6, 6.07) is 18.9. The number of carbonyl (C=O) groups is 2. The predicted octanol–water partition coefficient (Wildman–Crippen LogP) is 3.28. The molecular formula is C21H21N3O3. The number of benzene rings is 2. The van der Waals surface area contributed by atoms with Crippen LogP contribution in [0.1, 0.15) is 18.9 Å². The lowest BCUT2D eigenvalue weighted by Gasteiger charge is -2.28. The van der Waals surface area contributed by atoms with Gasteiger partial charge in [0.05, 0.1) is 17.9 Å². The third-order valence-corrected chi connectivity index (χ3v) is 5.02. The maximum atomic E-state index is 13.3. The van der Waals surface area contributed by atoms with Crippen molar-refractivity contribution in [1.82, 2.24) is 4.90 Å². The third kappa shape index (κ3) is 3.07. The second kappa shape index (κ2) is 7.23. The average Bonchev–Trinajstić information content (AvgIpc) is 3.32.